The zero-order valence-electron chi connectivity index (χ0n) is 30.3. The van der Waals surface area contributed by atoms with Crippen molar-refractivity contribution in [2.75, 3.05) is 0 Å². The molecule has 1 unspecified atom stereocenters. The summed E-state index contributed by atoms with van der Waals surface area (Å²) in [6.45, 7) is 0. The molecule has 0 amide bonds. The van der Waals surface area contributed by atoms with Gasteiger partial charge in [0, 0.05) is 42.8 Å². The van der Waals surface area contributed by atoms with Crippen LogP contribution in [0.3, 0.4) is 0 Å². The predicted molar refractivity (Wildman–Crippen MR) is 233 cm³/mol. The van der Waals surface area contributed by atoms with Gasteiger partial charge in [-0.3, -0.25) is 0 Å². The first-order valence-electron chi connectivity index (χ1n) is 19.0. The van der Waals surface area contributed by atoms with Crippen LogP contribution in [0.5, 0.6) is 0 Å². The van der Waals surface area contributed by atoms with E-state index >= 15 is 0 Å². The molecule has 0 radical (unpaired) electrons. The second-order valence-electron chi connectivity index (χ2n) is 14.3. The molecule has 0 saturated heterocycles. The molecular formula is C52H33N3S. The average molecular weight is 732 g/mol. The second kappa shape index (κ2) is 13.4. The van der Waals surface area contributed by atoms with Gasteiger partial charge in [-0.25, -0.2) is 15.0 Å². The van der Waals surface area contributed by atoms with Gasteiger partial charge in [0.15, 0.2) is 17.5 Å². The Morgan fingerprint density at radius 1 is 0.339 bits per heavy atom. The first-order chi connectivity index (χ1) is 27.8. The van der Waals surface area contributed by atoms with E-state index < -0.39 is 0 Å². The number of rotatable bonds is 6. The average Bonchev–Trinajstić information content (AvgIpc) is 3.83. The van der Waals surface area contributed by atoms with Crippen molar-refractivity contribution in [3.05, 3.63) is 211 Å². The first-order valence-corrected chi connectivity index (χ1v) is 19.8. The molecule has 4 heteroatoms. The van der Waals surface area contributed by atoms with Crippen molar-refractivity contribution in [1.82, 2.24) is 15.0 Å². The van der Waals surface area contributed by atoms with E-state index in [1.165, 1.54) is 59.1 Å². The van der Waals surface area contributed by atoms with Crippen molar-refractivity contribution < 1.29 is 0 Å². The zero-order valence-corrected chi connectivity index (χ0v) is 31.1. The molecule has 8 aromatic carbocycles. The van der Waals surface area contributed by atoms with E-state index in [0.29, 0.717) is 17.5 Å². The number of thiophene rings is 1. The van der Waals surface area contributed by atoms with E-state index in [4.69, 9.17) is 15.0 Å². The molecule has 1 aliphatic carbocycles. The van der Waals surface area contributed by atoms with E-state index in [1.54, 1.807) is 0 Å². The lowest BCUT2D eigenvalue weighted by Crippen LogP contribution is -2.02. The molecule has 2 heterocycles. The third kappa shape index (κ3) is 5.37. The number of nitrogens with zero attached hydrogens (tertiary/aromatic N) is 3. The fraction of sp³-hybridized carbons (Fsp3) is 0.0192. The Hall–Kier alpha value is -7.01. The van der Waals surface area contributed by atoms with E-state index in [0.717, 1.165) is 27.8 Å². The van der Waals surface area contributed by atoms with Crippen molar-refractivity contribution in [2.24, 2.45) is 0 Å². The Labute approximate surface area is 329 Å². The smallest absolute Gasteiger partial charge is 0.164 e. The van der Waals surface area contributed by atoms with Gasteiger partial charge in [0.1, 0.15) is 0 Å². The van der Waals surface area contributed by atoms with Gasteiger partial charge in [0.05, 0.1) is 0 Å². The molecule has 56 heavy (non-hydrogen) atoms. The summed E-state index contributed by atoms with van der Waals surface area (Å²) in [6, 6.07) is 69.1. The molecule has 3 nitrogen and oxygen atoms in total. The molecule has 0 spiro atoms. The molecule has 10 aromatic rings. The monoisotopic (exact) mass is 731 g/mol. The van der Waals surface area contributed by atoms with Gasteiger partial charge >= 0.3 is 0 Å². The molecule has 1 aliphatic rings. The molecule has 0 fully saturated rings. The van der Waals surface area contributed by atoms with Crippen molar-refractivity contribution >= 4 is 31.5 Å². The highest BCUT2D eigenvalue weighted by molar-refractivity contribution is 7.26. The summed E-state index contributed by atoms with van der Waals surface area (Å²) >= 11 is 1.85. The maximum absolute atomic E-state index is 5.33. The molecule has 1 atom stereocenters. The van der Waals surface area contributed by atoms with Crippen LogP contribution >= 0.6 is 11.3 Å². The van der Waals surface area contributed by atoms with Crippen molar-refractivity contribution in [3.8, 4) is 67.5 Å². The maximum Gasteiger partial charge on any atom is 0.164 e. The maximum atomic E-state index is 5.33. The number of hydrogen-bond donors (Lipinski definition) is 0. The highest BCUT2D eigenvalue weighted by Gasteiger charge is 2.32. The molecule has 0 bridgehead atoms. The van der Waals surface area contributed by atoms with Gasteiger partial charge in [0.2, 0.25) is 0 Å². The minimum absolute atomic E-state index is 0.125. The highest BCUT2D eigenvalue weighted by atomic mass is 32.1. The summed E-state index contributed by atoms with van der Waals surface area (Å²) in [7, 11) is 0. The summed E-state index contributed by atoms with van der Waals surface area (Å²) in [5, 5.41) is 2.60. The fourth-order valence-electron chi connectivity index (χ4n) is 8.51. The number of fused-ring (bicyclic) bond motifs is 6. The summed E-state index contributed by atoms with van der Waals surface area (Å²) < 4.78 is 2.61. The Balaban J connectivity index is 1.10. The minimum atomic E-state index is 0.125. The van der Waals surface area contributed by atoms with E-state index in [1.807, 2.05) is 17.4 Å². The lowest BCUT2D eigenvalue weighted by atomic mass is 9.89. The largest absolute Gasteiger partial charge is 0.208 e. The van der Waals surface area contributed by atoms with Crippen LogP contribution < -0.4 is 0 Å². The molecule has 262 valence electrons. The summed E-state index contributed by atoms with van der Waals surface area (Å²) in [5.74, 6) is 2.07. The van der Waals surface area contributed by atoms with E-state index in [2.05, 4.69) is 188 Å². The van der Waals surface area contributed by atoms with Gasteiger partial charge in [0.25, 0.3) is 0 Å². The highest BCUT2D eigenvalue weighted by Crippen LogP contribution is 2.51. The molecule has 11 rings (SSSR count). The number of aromatic nitrogens is 3. The van der Waals surface area contributed by atoms with Gasteiger partial charge in [-0.2, -0.15) is 0 Å². The quantitative estimate of drug-likeness (QED) is 0.171. The molecular weight excluding hydrogens is 699 g/mol. The van der Waals surface area contributed by atoms with Gasteiger partial charge in [-0.05, 0) is 56.1 Å². The molecule has 0 aliphatic heterocycles. The van der Waals surface area contributed by atoms with Crippen LogP contribution in [-0.4, -0.2) is 15.0 Å². The van der Waals surface area contributed by atoms with E-state index in [-0.39, 0.29) is 5.92 Å². The lowest BCUT2D eigenvalue weighted by molar-refractivity contribution is 1.01. The second-order valence-corrected chi connectivity index (χ2v) is 15.3. The summed E-state index contributed by atoms with van der Waals surface area (Å²) in [4.78, 5) is 15.9. The van der Waals surface area contributed by atoms with Crippen LogP contribution in [0, 0.1) is 0 Å². The van der Waals surface area contributed by atoms with Gasteiger partial charge < -0.3 is 0 Å². The predicted octanol–water partition coefficient (Wildman–Crippen LogP) is 13.7. The van der Waals surface area contributed by atoms with Gasteiger partial charge in [-0.1, -0.05) is 188 Å². The molecule has 0 N–H and O–H groups in total. The standard InChI is InChI=1S/C52H33N3S/c1-3-15-33(16-4-1)37-19-7-10-23-43(37)51-53-50(36-31-29-34(30-32-36)38-24-13-25-42-39-20-11-12-28-46(39)56-49(38)42)54-52(55-51)45-27-14-26-44-47(35-17-5-2-6-18-35)40-21-8-9-22-41(40)48(44)45/h1-32,47H. The van der Waals surface area contributed by atoms with Crippen LogP contribution in [0.2, 0.25) is 0 Å². The van der Waals surface area contributed by atoms with Crippen molar-refractivity contribution in [3.63, 3.8) is 0 Å². The minimum Gasteiger partial charge on any atom is -0.208 e. The summed E-state index contributed by atoms with van der Waals surface area (Å²) in [5.41, 5.74) is 13.7. The third-order valence-corrected chi connectivity index (χ3v) is 12.3. The Kier molecular flexibility index (Phi) is 7.75. The van der Waals surface area contributed by atoms with Crippen LogP contribution in [-0.2, 0) is 0 Å². The van der Waals surface area contributed by atoms with Gasteiger partial charge in [-0.15, -0.1) is 11.3 Å². The Bertz CT molecular complexity index is 3080. The Morgan fingerprint density at radius 3 is 1.70 bits per heavy atom. The Morgan fingerprint density at radius 2 is 0.875 bits per heavy atom. The number of benzene rings is 8. The normalized spacial score (nSPS) is 13.2. The molecule has 0 saturated carbocycles. The molecule has 2 aromatic heterocycles. The number of hydrogen-bond acceptors (Lipinski definition) is 4. The van der Waals surface area contributed by atoms with Crippen LogP contribution in [0.15, 0.2) is 194 Å². The lowest BCUT2D eigenvalue weighted by Gasteiger charge is -2.15. The van der Waals surface area contributed by atoms with Crippen LogP contribution in [0.25, 0.3) is 87.7 Å². The SMILES string of the molecule is c1ccc(-c2ccccc2-c2nc(-c3ccc(-c4cccc5c4sc4ccccc45)cc3)nc(-c3cccc4c3-c3ccccc3C4c3ccccc3)n2)cc1. The van der Waals surface area contributed by atoms with Crippen LogP contribution in [0.1, 0.15) is 22.6 Å². The zero-order chi connectivity index (χ0) is 37.0. The first kappa shape index (κ1) is 32.4. The van der Waals surface area contributed by atoms with Crippen LogP contribution in [0.4, 0.5) is 0 Å². The van der Waals surface area contributed by atoms with Crippen molar-refractivity contribution in [2.45, 2.75) is 5.92 Å². The topological polar surface area (TPSA) is 38.7 Å². The summed E-state index contributed by atoms with van der Waals surface area (Å²) in [6.07, 6.45) is 0. The van der Waals surface area contributed by atoms with Crippen molar-refractivity contribution in [1.29, 1.82) is 0 Å². The third-order valence-electron chi connectivity index (χ3n) is 11.1. The van der Waals surface area contributed by atoms with E-state index in [9.17, 15) is 0 Å². The fourth-order valence-corrected chi connectivity index (χ4v) is 9.75.